The van der Waals surface area contributed by atoms with Gasteiger partial charge in [0.1, 0.15) is 12.1 Å². The largest absolute Gasteiger partial charge is 0.493 e. The summed E-state index contributed by atoms with van der Waals surface area (Å²) in [6.45, 7) is 1.09. The van der Waals surface area contributed by atoms with Crippen LogP contribution in [0.15, 0.2) is 28.5 Å². The van der Waals surface area contributed by atoms with Gasteiger partial charge in [0.25, 0.3) is 0 Å². The number of ether oxygens (including phenoxy) is 1. The van der Waals surface area contributed by atoms with Crippen molar-refractivity contribution in [2.75, 3.05) is 18.9 Å². The van der Waals surface area contributed by atoms with Gasteiger partial charge in [0.2, 0.25) is 0 Å². The Morgan fingerprint density at radius 3 is 2.97 bits per heavy atom. The van der Waals surface area contributed by atoms with E-state index in [1.54, 1.807) is 0 Å². The Bertz CT molecular complexity index is 1200. The number of hydrogen-bond donors (Lipinski definition) is 2. The fourth-order valence-corrected chi connectivity index (χ4v) is 5.29. The Labute approximate surface area is 191 Å². The third kappa shape index (κ3) is 4.80. The lowest BCUT2D eigenvalue weighted by Crippen LogP contribution is -2.17. The van der Waals surface area contributed by atoms with Crippen LogP contribution >= 0.6 is 34.4 Å². The molecule has 0 bridgehead atoms. The lowest BCUT2D eigenvalue weighted by atomic mass is 10.1. The maximum absolute atomic E-state index is 11.0. The lowest BCUT2D eigenvalue weighted by molar-refractivity contribution is 0.287. The van der Waals surface area contributed by atoms with Gasteiger partial charge in [-0.1, -0.05) is 11.8 Å². The van der Waals surface area contributed by atoms with E-state index >= 15 is 0 Å². The molecule has 160 valence electrons. The Morgan fingerprint density at radius 2 is 2.17 bits per heavy atom. The zero-order valence-corrected chi connectivity index (χ0v) is 19.5. The van der Waals surface area contributed by atoms with Crippen molar-refractivity contribution in [3.8, 4) is 5.75 Å². The van der Waals surface area contributed by atoms with E-state index in [2.05, 4.69) is 47.8 Å². The van der Waals surface area contributed by atoms with E-state index in [-0.39, 0.29) is 12.4 Å². The molecule has 4 N–H and O–H groups in total. The highest BCUT2D eigenvalue weighted by Gasteiger charge is 2.19. The van der Waals surface area contributed by atoms with E-state index in [0.29, 0.717) is 35.9 Å². The Morgan fingerprint density at radius 1 is 1.33 bits per heavy atom. The van der Waals surface area contributed by atoms with Gasteiger partial charge in [-0.15, -0.1) is 0 Å². The normalized spacial score (nSPS) is 13.9. The van der Waals surface area contributed by atoms with Crippen molar-refractivity contribution >= 4 is 61.6 Å². The number of benzene rings is 1. The second kappa shape index (κ2) is 8.82. The van der Waals surface area contributed by atoms with Crippen LogP contribution < -0.4 is 15.6 Å². The summed E-state index contributed by atoms with van der Waals surface area (Å²) in [4.78, 5) is 14.0. The molecule has 30 heavy (non-hydrogen) atoms. The van der Waals surface area contributed by atoms with Gasteiger partial charge in [-0.2, -0.15) is 8.42 Å². The van der Waals surface area contributed by atoms with Crippen LogP contribution in [0.5, 0.6) is 5.75 Å². The molecule has 3 heterocycles. The van der Waals surface area contributed by atoms with E-state index < -0.39 is 10.3 Å². The summed E-state index contributed by atoms with van der Waals surface area (Å²) in [7, 11) is -3.98. The SMILES string of the molecule is Nc1ncnc2c1nc(Sc1cc3c(cc1I)CCCO3)n2CCCOS(N)(=O)=O. The summed E-state index contributed by atoms with van der Waals surface area (Å²) in [6.07, 6.45) is 3.79. The number of hydrogen-bond acceptors (Lipinski definition) is 9. The van der Waals surface area contributed by atoms with E-state index in [9.17, 15) is 8.42 Å². The van der Waals surface area contributed by atoms with E-state index in [1.807, 2.05) is 10.6 Å². The average Bonchev–Trinajstić information content (AvgIpc) is 3.04. The molecule has 0 atom stereocenters. The third-order valence-corrected chi connectivity index (χ3v) is 7.27. The maximum Gasteiger partial charge on any atom is 0.333 e. The number of aryl methyl sites for hydroxylation is 2. The molecule has 4 rings (SSSR count). The van der Waals surface area contributed by atoms with Crippen LogP contribution in [-0.4, -0.2) is 41.2 Å². The van der Waals surface area contributed by atoms with Gasteiger partial charge in [0.15, 0.2) is 22.1 Å². The summed E-state index contributed by atoms with van der Waals surface area (Å²) in [5.41, 5.74) is 8.26. The van der Waals surface area contributed by atoms with Gasteiger partial charge < -0.3 is 15.0 Å². The monoisotopic (exact) mass is 562 g/mol. The molecule has 0 amide bonds. The smallest absolute Gasteiger partial charge is 0.333 e. The Balaban J connectivity index is 1.65. The predicted octanol–water partition coefficient (Wildman–Crippen LogP) is 2.10. The fourth-order valence-electron chi connectivity index (χ4n) is 3.14. The van der Waals surface area contributed by atoms with Crippen molar-refractivity contribution in [3.05, 3.63) is 27.6 Å². The molecule has 2 aromatic heterocycles. The number of nitrogens with zero attached hydrogens (tertiary/aromatic N) is 4. The van der Waals surface area contributed by atoms with Crippen LogP contribution in [0.1, 0.15) is 18.4 Å². The molecule has 0 fully saturated rings. The van der Waals surface area contributed by atoms with Crippen LogP contribution in [0.4, 0.5) is 5.82 Å². The number of halogens is 1. The average molecular weight is 562 g/mol. The third-order valence-electron chi connectivity index (χ3n) is 4.46. The summed E-state index contributed by atoms with van der Waals surface area (Å²) >= 11 is 3.78. The summed E-state index contributed by atoms with van der Waals surface area (Å²) in [6, 6.07) is 4.17. The van der Waals surface area contributed by atoms with Crippen molar-refractivity contribution in [2.24, 2.45) is 5.14 Å². The second-order valence-corrected chi connectivity index (χ2v) is 9.98. The molecule has 3 aromatic rings. The molecule has 0 saturated heterocycles. The molecule has 1 aliphatic rings. The first kappa shape index (κ1) is 21.5. The minimum atomic E-state index is -3.98. The van der Waals surface area contributed by atoms with Crippen molar-refractivity contribution < 1.29 is 17.3 Å². The van der Waals surface area contributed by atoms with Gasteiger partial charge in [-0.3, -0.25) is 4.18 Å². The number of nitrogens with two attached hydrogens (primary N) is 2. The Hall–Kier alpha value is -1.68. The van der Waals surface area contributed by atoms with Crippen LogP contribution in [0, 0.1) is 3.57 Å². The van der Waals surface area contributed by atoms with Crippen molar-refractivity contribution in [2.45, 2.75) is 35.9 Å². The van der Waals surface area contributed by atoms with E-state index in [4.69, 9.17) is 15.6 Å². The highest BCUT2D eigenvalue weighted by atomic mass is 127. The zero-order valence-electron chi connectivity index (χ0n) is 15.7. The molecule has 0 radical (unpaired) electrons. The number of imidazole rings is 1. The summed E-state index contributed by atoms with van der Waals surface area (Å²) < 4.78 is 35.4. The van der Waals surface area contributed by atoms with Crippen molar-refractivity contribution in [3.63, 3.8) is 0 Å². The molecule has 0 saturated carbocycles. The first-order chi connectivity index (χ1) is 14.3. The number of rotatable bonds is 7. The quantitative estimate of drug-likeness (QED) is 0.326. The minimum absolute atomic E-state index is 0.0482. The lowest BCUT2D eigenvalue weighted by Gasteiger charge is -2.19. The number of aromatic nitrogens is 4. The van der Waals surface area contributed by atoms with Gasteiger partial charge >= 0.3 is 10.3 Å². The molecular weight excluding hydrogens is 543 g/mol. The fraction of sp³-hybridized carbons (Fsp3) is 0.353. The van der Waals surface area contributed by atoms with Crippen molar-refractivity contribution in [1.82, 2.24) is 19.5 Å². The molecule has 1 aromatic carbocycles. The minimum Gasteiger partial charge on any atom is -0.493 e. The highest BCUT2D eigenvalue weighted by Crippen LogP contribution is 2.38. The van der Waals surface area contributed by atoms with Crippen LogP contribution in [0.3, 0.4) is 0 Å². The van der Waals surface area contributed by atoms with Gasteiger partial charge in [0.05, 0.1) is 13.2 Å². The maximum atomic E-state index is 11.0. The first-order valence-corrected chi connectivity index (χ1v) is 12.5. The zero-order chi connectivity index (χ0) is 21.3. The predicted molar refractivity (Wildman–Crippen MR) is 121 cm³/mol. The Kier molecular flexibility index (Phi) is 6.34. The summed E-state index contributed by atoms with van der Waals surface area (Å²) in [5, 5.41) is 5.55. The molecule has 0 aliphatic carbocycles. The van der Waals surface area contributed by atoms with Crippen molar-refractivity contribution in [1.29, 1.82) is 0 Å². The van der Waals surface area contributed by atoms with E-state index in [1.165, 1.54) is 23.7 Å². The van der Waals surface area contributed by atoms with Crippen LogP contribution in [-0.2, 0) is 27.5 Å². The molecule has 0 spiro atoms. The van der Waals surface area contributed by atoms with Gasteiger partial charge in [0, 0.05) is 15.0 Å². The number of anilines is 1. The second-order valence-electron chi connectivity index (χ2n) is 6.59. The van der Waals surface area contributed by atoms with Crippen LogP contribution in [0.25, 0.3) is 11.2 Å². The highest BCUT2D eigenvalue weighted by molar-refractivity contribution is 14.1. The number of nitrogen functional groups attached to an aromatic ring is 1. The first-order valence-electron chi connectivity index (χ1n) is 9.09. The number of fused-ring (bicyclic) bond motifs is 2. The molecule has 0 unspecified atom stereocenters. The van der Waals surface area contributed by atoms with Crippen LogP contribution in [0.2, 0.25) is 0 Å². The topological polar surface area (TPSA) is 148 Å². The standard InChI is InChI=1S/C17H19IN6O4S2/c18-11-7-10-3-1-5-27-12(10)8-13(11)29-17-23-14-15(19)21-9-22-16(14)24(17)4-2-6-28-30(20,25)26/h7-9H,1-6H2,(H2,19,21,22)(H2,20,25,26). The molecule has 13 heteroatoms. The molecule has 10 nitrogen and oxygen atoms in total. The molecule has 1 aliphatic heterocycles. The summed E-state index contributed by atoms with van der Waals surface area (Å²) in [5.74, 6) is 1.18. The van der Waals surface area contributed by atoms with Gasteiger partial charge in [-0.05, 0) is 59.5 Å². The van der Waals surface area contributed by atoms with Gasteiger partial charge in [-0.25, -0.2) is 20.1 Å². The van der Waals surface area contributed by atoms with E-state index in [0.717, 1.165) is 27.1 Å². The molecular formula is C17H19IN6O4S2.